The van der Waals surface area contributed by atoms with Gasteiger partial charge in [-0.05, 0) is 44.9 Å². The summed E-state index contributed by atoms with van der Waals surface area (Å²) in [4.78, 5) is 13.5. The number of carbonyl (C=O) groups is 1. The van der Waals surface area contributed by atoms with Gasteiger partial charge in [0.1, 0.15) is 48.8 Å². The first-order valence-corrected chi connectivity index (χ1v) is 47.1. The van der Waals surface area contributed by atoms with E-state index in [0.717, 1.165) is 57.8 Å². The van der Waals surface area contributed by atoms with Crippen molar-refractivity contribution in [1.82, 2.24) is 5.32 Å². The molecule has 2 aliphatic rings. The third-order valence-electron chi connectivity index (χ3n) is 23.4. The van der Waals surface area contributed by atoms with Crippen LogP contribution in [0.1, 0.15) is 470 Å². The quantitative estimate of drug-likeness (QED) is 0.0204. The summed E-state index contributed by atoms with van der Waals surface area (Å²) >= 11 is 0. The van der Waals surface area contributed by atoms with Crippen LogP contribution in [0.25, 0.3) is 0 Å². The number of aliphatic hydroxyl groups is 8. The van der Waals surface area contributed by atoms with Gasteiger partial charge < -0.3 is 65.1 Å². The number of allylic oxidation sites excluding steroid dienone is 4. The average molecular weight is 1520 g/mol. The predicted molar refractivity (Wildman–Crippen MR) is 448 cm³/mol. The van der Waals surface area contributed by atoms with Gasteiger partial charge >= 0.3 is 0 Å². The van der Waals surface area contributed by atoms with Crippen LogP contribution in [-0.2, 0) is 23.7 Å². The van der Waals surface area contributed by atoms with Gasteiger partial charge in [-0.15, -0.1) is 0 Å². The van der Waals surface area contributed by atoms with Gasteiger partial charge in [-0.2, -0.15) is 0 Å². The van der Waals surface area contributed by atoms with Gasteiger partial charge in [0.05, 0.1) is 32.0 Å². The standard InChI is InChI=1S/C93H179NO13/c1-3-5-7-9-11-13-15-17-19-21-23-25-27-29-31-33-35-37-38-39-40-41-42-43-44-45-47-49-51-53-55-57-59-61-63-65-67-69-71-73-75-77-85(98)94-81(80-104-92-90(103)88(101)91(84(79-96)106-92)107-93-89(102)87(100)86(99)83(78-95)105-93)82(97)76-74-72-70-68-66-64-62-60-58-56-54-52-50-48-46-36-34-32-30-28-26-24-22-20-18-16-14-12-10-8-6-4-2/h15,17,21,23,81-84,86-93,95-97,99-103H,3-14,16,18-20,22,24-80H2,1-2H3,(H,94,98)/b17-15-,23-21-. The van der Waals surface area contributed by atoms with Gasteiger partial charge in [0.25, 0.3) is 0 Å². The number of carbonyl (C=O) groups excluding carboxylic acids is 1. The van der Waals surface area contributed by atoms with E-state index in [1.807, 2.05) is 0 Å². The fraction of sp³-hybridized carbons (Fsp3) is 0.946. The number of nitrogens with one attached hydrogen (secondary N) is 1. The molecule has 0 aromatic carbocycles. The number of hydrogen-bond donors (Lipinski definition) is 9. The van der Waals surface area contributed by atoms with Crippen LogP contribution in [0, 0.1) is 0 Å². The SMILES string of the molecule is CCCCCCC/C=C\C/C=C\CCCCCCCCCCCCCCCCCCCCCCCCCCCCCCCC(=O)NC(COC1OC(CO)C(OC2OC(CO)C(O)C(O)C2O)C(O)C1O)C(O)CCCCCCCCCCCCCCCCCCCCCCCCCCCCCCCCCC. The van der Waals surface area contributed by atoms with Crippen molar-refractivity contribution in [3.63, 3.8) is 0 Å². The molecule has 0 aliphatic carbocycles. The summed E-state index contributed by atoms with van der Waals surface area (Å²) in [7, 11) is 0. The van der Waals surface area contributed by atoms with Gasteiger partial charge in [0.2, 0.25) is 5.91 Å². The summed E-state index contributed by atoms with van der Waals surface area (Å²) < 4.78 is 23.1. The maximum atomic E-state index is 13.5. The first-order valence-electron chi connectivity index (χ1n) is 47.1. The van der Waals surface area contributed by atoms with E-state index in [9.17, 15) is 45.6 Å². The monoisotopic (exact) mass is 1520 g/mol. The lowest BCUT2D eigenvalue weighted by atomic mass is 9.97. The summed E-state index contributed by atoms with van der Waals surface area (Å²) in [5.74, 6) is -0.194. The molecular formula is C93H179NO13. The largest absolute Gasteiger partial charge is 0.394 e. The molecule has 0 radical (unpaired) electrons. The highest BCUT2D eigenvalue weighted by molar-refractivity contribution is 5.76. The molecule has 12 atom stereocenters. The Balaban J connectivity index is 1.52. The van der Waals surface area contributed by atoms with Crippen LogP contribution in [0.15, 0.2) is 24.3 Å². The zero-order chi connectivity index (χ0) is 77.2. The van der Waals surface area contributed by atoms with Crippen LogP contribution >= 0.6 is 0 Å². The molecule has 14 heteroatoms. The van der Waals surface area contributed by atoms with Crippen LogP contribution in [0.3, 0.4) is 0 Å². The van der Waals surface area contributed by atoms with Crippen LogP contribution in [0.5, 0.6) is 0 Å². The molecule has 12 unspecified atom stereocenters. The molecule has 1 amide bonds. The number of rotatable bonds is 82. The minimum atomic E-state index is -1.78. The number of unbranched alkanes of at least 4 members (excludes halogenated alkanes) is 65. The van der Waals surface area contributed by atoms with Crippen molar-refractivity contribution in [3.05, 3.63) is 24.3 Å². The number of aliphatic hydroxyl groups excluding tert-OH is 8. The van der Waals surface area contributed by atoms with Crippen molar-refractivity contribution in [2.24, 2.45) is 0 Å². The summed E-state index contributed by atoms with van der Waals surface area (Å²) in [6.07, 6.45) is 85.6. The Kier molecular flexibility index (Phi) is 73.1. The topological polar surface area (TPSA) is 228 Å². The first kappa shape index (κ1) is 102. The van der Waals surface area contributed by atoms with E-state index in [0.29, 0.717) is 12.8 Å². The van der Waals surface area contributed by atoms with E-state index in [-0.39, 0.29) is 12.5 Å². The molecule has 2 fully saturated rings. The van der Waals surface area contributed by atoms with Crippen LogP contribution < -0.4 is 5.32 Å². The second kappa shape index (κ2) is 77.1. The highest BCUT2D eigenvalue weighted by atomic mass is 16.7. The van der Waals surface area contributed by atoms with Gasteiger partial charge in [-0.1, -0.05) is 443 Å². The lowest BCUT2D eigenvalue weighted by Crippen LogP contribution is -2.65. The van der Waals surface area contributed by atoms with Gasteiger partial charge in [-0.3, -0.25) is 4.79 Å². The second-order valence-corrected chi connectivity index (χ2v) is 33.5. The predicted octanol–water partition coefficient (Wildman–Crippen LogP) is 23.3. The first-order chi connectivity index (χ1) is 52.6. The van der Waals surface area contributed by atoms with Crippen molar-refractivity contribution in [2.75, 3.05) is 19.8 Å². The Bertz CT molecular complexity index is 1890. The van der Waals surface area contributed by atoms with Gasteiger partial charge in [0, 0.05) is 6.42 Å². The van der Waals surface area contributed by atoms with Crippen molar-refractivity contribution in [2.45, 2.75) is 543 Å². The van der Waals surface area contributed by atoms with Gasteiger partial charge in [-0.25, -0.2) is 0 Å². The second-order valence-electron chi connectivity index (χ2n) is 33.5. The minimum Gasteiger partial charge on any atom is -0.394 e. The molecule has 634 valence electrons. The fourth-order valence-electron chi connectivity index (χ4n) is 16.0. The zero-order valence-corrected chi connectivity index (χ0v) is 70.2. The molecule has 0 bridgehead atoms. The van der Waals surface area contributed by atoms with Crippen LogP contribution in [0.2, 0.25) is 0 Å². The molecule has 2 saturated heterocycles. The van der Waals surface area contributed by atoms with Crippen LogP contribution in [-0.4, -0.2) is 140 Å². The number of ether oxygens (including phenoxy) is 4. The fourth-order valence-corrected chi connectivity index (χ4v) is 16.0. The van der Waals surface area contributed by atoms with E-state index in [4.69, 9.17) is 18.9 Å². The molecule has 14 nitrogen and oxygen atoms in total. The lowest BCUT2D eigenvalue weighted by Gasteiger charge is -2.46. The Morgan fingerprint density at radius 2 is 0.617 bits per heavy atom. The van der Waals surface area contributed by atoms with E-state index in [2.05, 4.69) is 43.5 Å². The summed E-state index contributed by atoms with van der Waals surface area (Å²) in [5.41, 5.74) is 0. The normalized spacial score (nSPS) is 21.2. The van der Waals surface area contributed by atoms with E-state index in [1.165, 1.54) is 385 Å². The molecule has 107 heavy (non-hydrogen) atoms. The van der Waals surface area contributed by atoms with Crippen molar-refractivity contribution >= 4 is 5.91 Å². The Morgan fingerprint density at radius 1 is 0.336 bits per heavy atom. The van der Waals surface area contributed by atoms with Crippen molar-refractivity contribution < 1.29 is 64.6 Å². The summed E-state index contributed by atoms with van der Waals surface area (Å²) in [6, 6.07) is -0.828. The molecule has 0 saturated carbocycles. The third-order valence-corrected chi connectivity index (χ3v) is 23.4. The third kappa shape index (κ3) is 58.9. The Labute approximate surface area is 659 Å². The van der Waals surface area contributed by atoms with Crippen molar-refractivity contribution in [1.29, 1.82) is 0 Å². The van der Waals surface area contributed by atoms with E-state index in [1.54, 1.807) is 0 Å². The molecule has 2 aliphatic heterocycles. The molecule has 0 aromatic rings. The average Bonchev–Trinajstić information content (AvgIpc) is 0.789. The Morgan fingerprint density at radius 3 is 0.935 bits per heavy atom. The van der Waals surface area contributed by atoms with Crippen molar-refractivity contribution in [3.8, 4) is 0 Å². The van der Waals surface area contributed by atoms with E-state index < -0.39 is 86.8 Å². The molecule has 2 rings (SSSR count). The maximum absolute atomic E-state index is 13.5. The smallest absolute Gasteiger partial charge is 0.220 e. The molecule has 0 spiro atoms. The zero-order valence-electron chi connectivity index (χ0n) is 70.2. The number of hydrogen-bond acceptors (Lipinski definition) is 13. The maximum Gasteiger partial charge on any atom is 0.220 e. The highest BCUT2D eigenvalue weighted by Gasteiger charge is 2.51. The molecule has 0 aromatic heterocycles. The van der Waals surface area contributed by atoms with E-state index >= 15 is 0 Å². The lowest BCUT2D eigenvalue weighted by molar-refractivity contribution is -0.359. The molecular weight excluding hydrogens is 1340 g/mol. The minimum absolute atomic E-state index is 0.194. The number of amides is 1. The highest BCUT2D eigenvalue weighted by Crippen LogP contribution is 2.31. The molecule has 9 N–H and O–H groups in total. The van der Waals surface area contributed by atoms with Gasteiger partial charge in [0.15, 0.2) is 12.6 Å². The van der Waals surface area contributed by atoms with Crippen LogP contribution in [0.4, 0.5) is 0 Å². The Hall–Kier alpha value is -1.53. The summed E-state index contributed by atoms with van der Waals surface area (Å²) in [6.45, 7) is 2.94. The molecule has 2 heterocycles. The summed E-state index contributed by atoms with van der Waals surface area (Å²) in [5, 5.41) is 88.1.